The first-order valence-corrected chi connectivity index (χ1v) is 9.43. The molecule has 2 atom stereocenters. The Morgan fingerprint density at radius 3 is 2.56 bits per heavy atom. The van der Waals surface area contributed by atoms with Crippen molar-refractivity contribution >= 4 is 28.9 Å². The minimum absolute atomic E-state index is 0.0123. The Labute approximate surface area is 167 Å². The summed E-state index contributed by atoms with van der Waals surface area (Å²) in [6.07, 6.45) is 3.90. The van der Waals surface area contributed by atoms with Crippen molar-refractivity contribution in [1.29, 1.82) is 0 Å². The molecule has 134 valence electrons. The second-order valence-corrected chi connectivity index (χ2v) is 7.41. The highest BCUT2D eigenvalue weighted by Crippen LogP contribution is 2.50. The molecule has 3 aromatic rings. The number of halogens is 2. The third-order valence-electron chi connectivity index (χ3n) is 4.91. The van der Waals surface area contributed by atoms with Crippen molar-refractivity contribution in [1.82, 2.24) is 9.99 Å². The lowest BCUT2D eigenvalue weighted by Gasteiger charge is -2.38. The molecule has 0 unspecified atom stereocenters. The van der Waals surface area contributed by atoms with Crippen molar-refractivity contribution < 1.29 is 4.74 Å². The highest BCUT2D eigenvalue weighted by molar-refractivity contribution is 6.35. The van der Waals surface area contributed by atoms with E-state index < -0.39 is 0 Å². The molecule has 6 heteroatoms. The number of nitrogens with zero attached hydrogens (tertiary/aromatic N) is 3. The fourth-order valence-corrected chi connectivity index (χ4v) is 4.22. The van der Waals surface area contributed by atoms with Crippen LogP contribution in [0.2, 0.25) is 10.0 Å². The number of benzene rings is 2. The normalized spacial score (nSPS) is 20.5. The van der Waals surface area contributed by atoms with Crippen molar-refractivity contribution in [3.05, 3.63) is 93.7 Å². The first-order chi connectivity index (χ1) is 13.2. The SMILES string of the molecule is Clc1cc(Cl)c2c(c1)[C@@H]1CC(c3ccccc3)=NN1[C@@H](c1ccncc1)O2. The average Bonchev–Trinajstić information content (AvgIpc) is 3.15. The zero-order valence-corrected chi connectivity index (χ0v) is 15.7. The molecular weight excluding hydrogens is 381 g/mol. The second kappa shape index (κ2) is 6.55. The van der Waals surface area contributed by atoms with Gasteiger partial charge in [0.1, 0.15) is 5.75 Å². The number of ether oxygens (including phenoxy) is 1. The van der Waals surface area contributed by atoms with Gasteiger partial charge in [0.05, 0.1) is 16.8 Å². The van der Waals surface area contributed by atoms with E-state index in [1.54, 1.807) is 18.5 Å². The van der Waals surface area contributed by atoms with Crippen LogP contribution in [0.1, 0.15) is 35.4 Å². The number of hydrogen-bond donors (Lipinski definition) is 0. The van der Waals surface area contributed by atoms with E-state index in [2.05, 4.69) is 17.1 Å². The Hall–Kier alpha value is -2.56. The van der Waals surface area contributed by atoms with Crippen LogP contribution in [0, 0.1) is 0 Å². The molecular formula is C21H15Cl2N3O. The summed E-state index contributed by atoms with van der Waals surface area (Å²) in [5.74, 6) is 0.675. The van der Waals surface area contributed by atoms with Gasteiger partial charge in [0, 0.05) is 35.0 Å². The topological polar surface area (TPSA) is 37.7 Å². The summed E-state index contributed by atoms with van der Waals surface area (Å²) < 4.78 is 6.30. The van der Waals surface area contributed by atoms with Crippen LogP contribution in [0.3, 0.4) is 0 Å². The Morgan fingerprint density at radius 2 is 1.78 bits per heavy atom. The zero-order chi connectivity index (χ0) is 18.4. The third kappa shape index (κ3) is 2.85. The van der Waals surface area contributed by atoms with Crippen LogP contribution in [0.4, 0.5) is 0 Å². The molecule has 0 N–H and O–H groups in total. The number of rotatable bonds is 2. The maximum atomic E-state index is 6.47. The molecule has 3 heterocycles. The van der Waals surface area contributed by atoms with Crippen LogP contribution in [-0.2, 0) is 0 Å². The molecule has 0 radical (unpaired) electrons. The number of fused-ring (bicyclic) bond motifs is 3. The minimum Gasteiger partial charge on any atom is -0.463 e. The van der Waals surface area contributed by atoms with Gasteiger partial charge in [-0.3, -0.25) is 4.98 Å². The predicted molar refractivity (Wildman–Crippen MR) is 106 cm³/mol. The number of hydrazone groups is 1. The molecule has 0 saturated carbocycles. The van der Waals surface area contributed by atoms with Gasteiger partial charge in [0.2, 0.25) is 6.23 Å². The van der Waals surface area contributed by atoms with Gasteiger partial charge in [-0.25, -0.2) is 5.01 Å². The minimum atomic E-state index is -0.370. The van der Waals surface area contributed by atoms with Crippen LogP contribution in [0.5, 0.6) is 5.75 Å². The fourth-order valence-electron chi connectivity index (χ4n) is 3.67. The predicted octanol–water partition coefficient (Wildman–Crippen LogP) is 5.63. The summed E-state index contributed by atoms with van der Waals surface area (Å²) >= 11 is 12.7. The maximum Gasteiger partial charge on any atom is 0.214 e. The molecule has 2 aliphatic heterocycles. The highest BCUT2D eigenvalue weighted by atomic mass is 35.5. The third-order valence-corrected chi connectivity index (χ3v) is 5.41. The molecule has 2 aromatic carbocycles. The van der Waals surface area contributed by atoms with Crippen molar-refractivity contribution in [3.63, 3.8) is 0 Å². The van der Waals surface area contributed by atoms with Crippen LogP contribution in [0.15, 0.2) is 72.1 Å². The molecule has 0 fully saturated rings. The Morgan fingerprint density at radius 1 is 1.00 bits per heavy atom. The van der Waals surface area contributed by atoms with Crippen LogP contribution >= 0.6 is 23.2 Å². The van der Waals surface area contributed by atoms with Crippen LogP contribution in [-0.4, -0.2) is 15.7 Å². The number of aromatic nitrogens is 1. The smallest absolute Gasteiger partial charge is 0.214 e. The molecule has 5 rings (SSSR count). The summed E-state index contributed by atoms with van der Waals surface area (Å²) in [5, 5.41) is 8.03. The zero-order valence-electron chi connectivity index (χ0n) is 14.2. The number of pyridine rings is 1. The van der Waals surface area contributed by atoms with E-state index in [4.69, 9.17) is 33.0 Å². The Bertz CT molecular complexity index is 1020. The van der Waals surface area contributed by atoms with Crippen molar-refractivity contribution in [2.24, 2.45) is 5.10 Å². The maximum absolute atomic E-state index is 6.47. The summed E-state index contributed by atoms with van der Waals surface area (Å²) in [4.78, 5) is 4.11. The van der Waals surface area contributed by atoms with E-state index in [0.717, 1.165) is 28.8 Å². The second-order valence-electron chi connectivity index (χ2n) is 6.57. The van der Waals surface area contributed by atoms with E-state index in [0.29, 0.717) is 15.8 Å². The summed E-state index contributed by atoms with van der Waals surface area (Å²) in [7, 11) is 0. The Balaban J connectivity index is 1.64. The van der Waals surface area contributed by atoms with Gasteiger partial charge in [-0.1, -0.05) is 53.5 Å². The molecule has 0 saturated heterocycles. The van der Waals surface area contributed by atoms with Crippen LogP contribution < -0.4 is 4.74 Å². The molecule has 1 aromatic heterocycles. The van der Waals surface area contributed by atoms with E-state index >= 15 is 0 Å². The van der Waals surface area contributed by atoms with E-state index in [-0.39, 0.29) is 12.3 Å². The molecule has 27 heavy (non-hydrogen) atoms. The lowest BCUT2D eigenvalue weighted by atomic mass is 9.96. The van der Waals surface area contributed by atoms with Crippen molar-refractivity contribution in [2.45, 2.75) is 18.7 Å². The van der Waals surface area contributed by atoms with Gasteiger partial charge < -0.3 is 4.74 Å². The first-order valence-electron chi connectivity index (χ1n) is 8.67. The van der Waals surface area contributed by atoms with Gasteiger partial charge >= 0.3 is 0 Å². The monoisotopic (exact) mass is 395 g/mol. The van der Waals surface area contributed by atoms with Crippen molar-refractivity contribution in [2.75, 3.05) is 0 Å². The summed E-state index contributed by atoms with van der Waals surface area (Å²) in [5.41, 5.74) is 4.07. The molecule has 0 spiro atoms. The van der Waals surface area contributed by atoms with Gasteiger partial charge in [0.25, 0.3) is 0 Å². The van der Waals surface area contributed by atoms with E-state index in [9.17, 15) is 0 Å². The molecule has 0 aliphatic carbocycles. The Kier molecular flexibility index (Phi) is 4.03. The number of hydrogen-bond acceptors (Lipinski definition) is 4. The fraction of sp³-hybridized carbons (Fsp3) is 0.143. The largest absolute Gasteiger partial charge is 0.463 e. The van der Waals surface area contributed by atoms with Crippen LogP contribution in [0.25, 0.3) is 0 Å². The molecule has 0 bridgehead atoms. The lowest BCUT2D eigenvalue weighted by Crippen LogP contribution is -2.33. The standard InChI is InChI=1S/C21H15Cl2N3O/c22-15-10-16-19-12-18(13-4-2-1-3-5-13)25-26(19)21(14-6-8-24-9-7-14)27-20(16)17(23)11-15/h1-11,19,21H,12H2/t19-,21+/m0/s1. The average molecular weight is 396 g/mol. The molecule has 4 nitrogen and oxygen atoms in total. The highest BCUT2D eigenvalue weighted by Gasteiger charge is 2.42. The molecule has 2 aliphatic rings. The summed E-state index contributed by atoms with van der Waals surface area (Å²) in [6.45, 7) is 0. The summed E-state index contributed by atoms with van der Waals surface area (Å²) in [6, 6.07) is 17.7. The quantitative estimate of drug-likeness (QED) is 0.563. The van der Waals surface area contributed by atoms with Gasteiger partial charge in [0.15, 0.2) is 0 Å². The lowest BCUT2D eigenvalue weighted by molar-refractivity contribution is -0.0189. The van der Waals surface area contributed by atoms with Gasteiger partial charge in [-0.2, -0.15) is 5.10 Å². The van der Waals surface area contributed by atoms with Crippen molar-refractivity contribution in [3.8, 4) is 5.75 Å². The van der Waals surface area contributed by atoms with Gasteiger partial charge in [-0.05, 0) is 29.8 Å². The van der Waals surface area contributed by atoms with Gasteiger partial charge in [-0.15, -0.1) is 0 Å². The first kappa shape index (κ1) is 16.6. The van der Waals surface area contributed by atoms with E-state index in [1.165, 1.54) is 0 Å². The molecule has 0 amide bonds. The van der Waals surface area contributed by atoms with E-state index in [1.807, 2.05) is 41.4 Å².